The number of hydrogen-bond acceptors (Lipinski definition) is 2. The largest absolute Gasteiger partial charge is 0.311 e. The molecule has 0 aromatic rings. The van der Waals surface area contributed by atoms with E-state index in [1.165, 1.54) is 64.6 Å². The highest BCUT2D eigenvalue weighted by molar-refractivity contribution is 4.92. The molecule has 0 spiro atoms. The van der Waals surface area contributed by atoms with Crippen LogP contribution in [-0.2, 0) is 0 Å². The lowest BCUT2D eigenvalue weighted by Gasteiger charge is -2.44. The SMILES string of the molecule is C1CCC(C2CN3CCCCC3CN2)C1. The zero-order valence-electron chi connectivity index (χ0n) is 9.75. The van der Waals surface area contributed by atoms with Gasteiger partial charge in [-0.3, -0.25) is 4.90 Å². The molecule has 2 nitrogen and oxygen atoms in total. The second-order valence-electron chi connectivity index (χ2n) is 5.70. The summed E-state index contributed by atoms with van der Waals surface area (Å²) in [6.45, 7) is 3.98. The first-order valence-electron chi connectivity index (χ1n) is 6.91. The maximum Gasteiger partial charge on any atom is 0.0224 e. The lowest BCUT2D eigenvalue weighted by molar-refractivity contribution is 0.0781. The Kier molecular flexibility index (Phi) is 2.98. The molecular weight excluding hydrogens is 184 g/mol. The predicted molar refractivity (Wildman–Crippen MR) is 63.0 cm³/mol. The Balaban J connectivity index is 1.59. The zero-order chi connectivity index (χ0) is 10.1. The molecule has 3 rings (SSSR count). The number of rotatable bonds is 1. The van der Waals surface area contributed by atoms with Gasteiger partial charge in [0.1, 0.15) is 0 Å². The van der Waals surface area contributed by atoms with Crippen molar-refractivity contribution in [3.05, 3.63) is 0 Å². The van der Waals surface area contributed by atoms with Crippen molar-refractivity contribution in [3.63, 3.8) is 0 Å². The summed E-state index contributed by atoms with van der Waals surface area (Å²) in [6, 6.07) is 1.69. The van der Waals surface area contributed by atoms with Crippen LogP contribution in [0, 0.1) is 5.92 Å². The van der Waals surface area contributed by atoms with Crippen molar-refractivity contribution in [2.75, 3.05) is 19.6 Å². The summed E-state index contributed by atoms with van der Waals surface area (Å²) in [5.41, 5.74) is 0. The number of piperidine rings is 1. The number of hydrogen-bond donors (Lipinski definition) is 1. The molecule has 1 aliphatic carbocycles. The van der Waals surface area contributed by atoms with Gasteiger partial charge in [0.2, 0.25) is 0 Å². The van der Waals surface area contributed by atoms with E-state index in [1.54, 1.807) is 0 Å². The van der Waals surface area contributed by atoms with E-state index in [-0.39, 0.29) is 0 Å². The highest BCUT2D eigenvalue weighted by Gasteiger charge is 2.34. The summed E-state index contributed by atoms with van der Waals surface area (Å²) in [5, 5.41) is 3.82. The van der Waals surface area contributed by atoms with Crippen LogP contribution in [0.25, 0.3) is 0 Å². The van der Waals surface area contributed by atoms with Gasteiger partial charge in [0.05, 0.1) is 0 Å². The quantitative estimate of drug-likeness (QED) is 0.709. The average molecular weight is 208 g/mol. The maximum absolute atomic E-state index is 3.82. The van der Waals surface area contributed by atoms with Gasteiger partial charge in [-0.25, -0.2) is 0 Å². The van der Waals surface area contributed by atoms with Crippen molar-refractivity contribution < 1.29 is 0 Å². The van der Waals surface area contributed by atoms with Crippen molar-refractivity contribution in [1.82, 2.24) is 10.2 Å². The summed E-state index contributed by atoms with van der Waals surface area (Å²) in [7, 11) is 0. The Bertz CT molecular complexity index is 211. The van der Waals surface area contributed by atoms with E-state index in [0.717, 1.165) is 18.0 Å². The first kappa shape index (κ1) is 10.1. The molecule has 2 heteroatoms. The number of nitrogens with zero attached hydrogens (tertiary/aromatic N) is 1. The molecule has 2 atom stereocenters. The van der Waals surface area contributed by atoms with Crippen LogP contribution in [0.2, 0.25) is 0 Å². The Morgan fingerprint density at radius 3 is 2.60 bits per heavy atom. The number of fused-ring (bicyclic) bond motifs is 1. The second-order valence-corrected chi connectivity index (χ2v) is 5.70. The first-order valence-corrected chi connectivity index (χ1v) is 6.91. The van der Waals surface area contributed by atoms with Crippen LogP contribution < -0.4 is 5.32 Å². The second kappa shape index (κ2) is 4.42. The lowest BCUT2D eigenvalue weighted by Crippen LogP contribution is -2.59. The molecule has 15 heavy (non-hydrogen) atoms. The molecule has 3 aliphatic rings. The van der Waals surface area contributed by atoms with Crippen LogP contribution in [0.4, 0.5) is 0 Å². The van der Waals surface area contributed by atoms with E-state index in [0.29, 0.717) is 0 Å². The fraction of sp³-hybridized carbons (Fsp3) is 1.00. The topological polar surface area (TPSA) is 15.3 Å². The Labute approximate surface area is 93.4 Å². The van der Waals surface area contributed by atoms with Crippen molar-refractivity contribution in [3.8, 4) is 0 Å². The molecule has 2 heterocycles. The smallest absolute Gasteiger partial charge is 0.0224 e. The number of nitrogens with one attached hydrogen (secondary N) is 1. The van der Waals surface area contributed by atoms with E-state index in [1.807, 2.05) is 0 Å². The van der Waals surface area contributed by atoms with Gasteiger partial charge in [-0.05, 0) is 38.1 Å². The summed E-state index contributed by atoms with van der Waals surface area (Å²) in [5.74, 6) is 0.993. The standard InChI is InChI=1S/C13H24N2/c1-2-6-11(5-1)13-10-15-8-4-3-7-12(15)9-14-13/h11-14H,1-10H2. The van der Waals surface area contributed by atoms with Crippen LogP contribution in [0.5, 0.6) is 0 Å². The molecule has 1 N–H and O–H groups in total. The Hall–Kier alpha value is -0.0800. The monoisotopic (exact) mass is 208 g/mol. The molecule has 0 radical (unpaired) electrons. The van der Waals surface area contributed by atoms with Gasteiger partial charge in [-0.2, -0.15) is 0 Å². The third-order valence-corrected chi connectivity index (χ3v) is 4.76. The molecule has 0 aromatic carbocycles. The summed E-state index contributed by atoms with van der Waals surface area (Å²) >= 11 is 0. The van der Waals surface area contributed by atoms with Crippen molar-refractivity contribution in [1.29, 1.82) is 0 Å². The summed E-state index contributed by atoms with van der Waals surface area (Å²) < 4.78 is 0. The molecule has 2 unspecified atom stereocenters. The van der Waals surface area contributed by atoms with Gasteiger partial charge in [-0.15, -0.1) is 0 Å². The van der Waals surface area contributed by atoms with Gasteiger partial charge in [0.25, 0.3) is 0 Å². The van der Waals surface area contributed by atoms with Gasteiger partial charge in [0, 0.05) is 25.2 Å². The molecule has 3 fully saturated rings. The van der Waals surface area contributed by atoms with Crippen molar-refractivity contribution in [2.24, 2.45) is 5.92 Å². The highest BCUT2D eigenvalue weighted by Crippen LogP contribution is 2.30. The number of piperazine rings is 1. The van der Waals surface area contributed by atoms with Crippen LogP contribution in [0.15, 0.2) is 0 Å². The molecule has 0 aromatic heterocycles. The van der Waals surface area contributed by atoms with Crippen molar-refractivity contribution in [2.45, 2.75) is 57.0 Å². The minimum Gasteiger partial charge on any atom is -0.311 e. The molecular formula is C13H24N2. The van der Waals surface area contributed by atoms with E-state index in [9.17, 15) is 0 Å². The van der Waals surface area contributed by atoms with Gasteiger partial charge < -0.3 is 5.32 Å². The fourth-order valence-electron chi connectivity index (χ4n) is 3.81. The molecule has 2 aliphatic heterocycles. The maximum atomic E-state index is 3.82. The minimum atomic E-state index is 0.821. The average Bonchev–Trinajstić information content (AvgIpc) is 2.82. The Morgan fingerprint density at radius 1 is 0.933 bits per heavy atom. The van der Waals surface area contributed by atoms with Crippen LogP contribution in [-0.4, -0.2) is 36.6 Å². The van der Waals surface area contributed by atoms with Gasteiger partial charge in [0.15, 0.2) is 0 Å². The van der Waals surface area contributed by atoms with E-state index in [4.69, 9.17) is 0 Å². The predicted octanol–water partition coefficient (Wildman–Crippen LogP) is 2.00. The molecule has 0 amide bonds. The first-order chi connectivity index (χ1) is 7.43. The minimum absolute atomic E-state index is 0.821. The van der Waals surface area contributed by atoms with Crippen molar-refractivity contribution >= 4 is 0 Å². The molecule has 2 saturated heterocycles. The fourth-order valence-corrected chi connectivity index (χ4v) is 3.81. The summed E-state index contributed by atoms with van der Waals surface area (Å²) in [6.07, 6.45) is 10.3. The van der Waals surface area contributed by atoms with E-state index in [2.05, 4.69) is 10.2 Å². The third-order valence-electron chi connectivity index (χ3n) is 4.76. The Morgan fingerprint density at radius 2 is 1.73 bits per heavy atom. The normalized spacial score (nSPS) is 39.2. The molecule has 86 valence electrons. The van der Waals surface area contributed by atoms with E-state index < -0.39 is 0 Å². The van der Waals surface area contributed by atoms with Crippen LogP contribution in [0.1, 0.15) is 44.9 Å². The van der Waals surface area contributed by atoms with Crippen LogP contribution >= 0.6 is 0 Å². The third kappa shape index (κ3) is 2.07. The zero-order valence-corrected chi connectivity index (χ0v) is 9.75. The van der Waals surface area contributed by atoms with E-state index >= 15 is 0 Å². The van der Waals surface area contributed by atoms with Gasteiger partial charge in [-0.1, -0.05) is 19.3 Å². The summed E-state index contributed by atoms with van der Waals surface area (Å²) in [4.78, 5) is 2.77. The lowest BCUT2D eigenvalue weighted by atomic mass is 9.91. The van der Waals surface area contributed by atoms with Crippen LogP contribution in [0.3, 0.4) is 0 Å². The molecule has 0 bridgehead atoms. The van der Waals surface area contributed by atoms with Gasteiger partial charge >= 0.3 is 0 Å². The highest BCUT2D eigenvalue weighted by atomic mass is 15.2. The molecule has 1 saturated carbocycles.